The van der Waals surface area contributed by atoms with Crippen LogP contribution in [0.1, 0.15) is 39.0 Å². The van der Waals surface area contributed by atoms with E-state index in [1.807, 2.05) is 11.8 Å². The standard InChI is InChI=1S/C18H36N4OS.HI/c1-4-19-18(21-16-5-6-17(13-16)24-3)20-14-15-7-9-22(10-8-15)11-12-23-2;/h15-17H,4-14H2,1-3H3,(H2,19,20,21);1H. The van der Waals surface area contributed by atoms with Crippen LogP contribution in [0.15, 0.2) is 4.99 Å². The lowest BCUT2D eigenvalue weighted by molar-refractivity contribution is 0.121. The van der Waals surface area contributed by atoms with Gasteiger partial charge < -0.3 is 20.3 Å². The number of likely N-dealkylation sites (tertiary alicyclic amines) is 1. The van der Waals surface area contributed by atoms with Gasteiger partial charge in [-0.15, -0.1) is 24.0 Å². The van der Waals surface area contributed by atoms with Gasteiger partial charge in [0.2, 0.25) is 0 Å². The van der Waals surface area contributed by atoms with Gasteiger partial charge in [-0.1, -0.05) is 0 Å². The third-order valence-electron chi connectivity index (χ3n) is 5.23. The molecule has 1 heterocycles. The molecule has 25 heavy (non-hydrogen) atoms. The molecule has 0 spiro atoms. The summed E-state index contributed by atoms with van der Waals surface area (Å²) in [6.07, 6.45) is 8.61. The Hall–Kier alpha value is 0.270. The van der Waals surface area contributed by atoms with Crippen molar-refractivity contribution in [3.8, 4) is 0 Å². The summed E-state index contributed by atoms with van der Waals surface area (Å²) in [5.41, 5.74) is 0. The molecule has 2 fully saturated rings. The molecule has 2 atom stereocenters. The van der Waals surface area contributed by atoms with Crippen LogP contribution in [0.5, 0.6) is 0 Å². The normalized spacial score (nSPS) is 25.6. The van der Waals surface area contributed by atoms with E-state index in [4.69, 9.17) is 9.73 Å². The monoisotopic (exact) mass is 484 g/mol. The summed E-state index contributed by atoms with van der Waals surface area (Å²) in [7, 11) is 1.78. The van der Waals surface area contributed by atoms with Gasteiger partial charge in [-0.25, -0.2) is 0 Å². The molecule has 0 bridgehead atoms. The fourth-order valence-electron chi connectivity index (χ4n) is 3.63. The summed E-state index contributed by atoms with van der Waals surface area (Å²) >= 11 is 2.00. The van der Waals surface area contributed by atoms with Crippen molar-refractivity contribution in [1.29, 1.82) is 0 Å². The van der Waals surface area contributed by atoms with Crippen molar-refractivity contribution >= 4 is 41.7 Å². The summed E-state index contributed by atoms with van der Waals surface area (Å²) in [6.45, 7) is 8.30. The molecule has 0 radical (unpaired) electrons. The van der Waals surface area contributed by atoms with Crippen LogP contribution in [-0.4, -0.2) is 74.8 Å². The summed E-state index contributed by atoms with van der Waals surface area (Å²) in [4.78, 5) is 7.39. The molecule has 2 aliphatic rings. The van der Waals surface area contributed by atoms with Crippen molar-refractivity contribution in [1.82, 2.24) is 15.5 Å². The summed E-state index contributed by atoms with van der Waals surface area (Å²) in [5.74, 6) is 1.74. The summed E-state index contributed by atoms with van der Waals surface area (Å²) in [6, 6.07) is 0.594. The van der Waals surface area contributed by atoms with Crippen LogP contribution in [0.25, 0.3) is 0 Å². The zero-order valence-electron chi connectivity index (χ0n) is 16.1. The van der Waals surface area contributed by atoms with E-state index in [9.17, 15) is 0 Å². The van der Waals surface area contributed by atoms with Gasteiger partial charge in [0.05, 0.1) is 6.61 Å². The van der Waals surface area contributed by atoms with E-state index >= 15 is 0 Å². The third-order valence-corrected chi connectivity index (χ3v) is 6.32. The Kier molecular flexibility index (Phi) is 12.5. The van der Waals surface area contributed by atoms with Crippen molar-refractivity contribution in [2.24, 2.45) is 10.9 Å². The van der Waals surface area contributed by atoms with Crippen LogP contribution in [0.3, 0.4) is 0 Å². The zero-order valence-corrected chi connectivity index (χ0v) is 19.3. The highest BCUT2D eigenvalue weighted by atomic mass is 127. The molecule has 7 heteroatoms. The Labute approximate surface area is 175 Å². The van der Waals surface area contributed by atoms with Gasteiger partial charge in [0.15, 0.2) is 5.96 Å². The molecule has 5 nitrogen and oxygen atoms in total. The van der Waals surface area contributed by atoms with Crippen molar-refractivity contribution in [2.45, 2.75) is 50.3 Å². The van der Waals surface area contributed by atoms with Gasteiger partial charge in [0, 0.05) is 38.0 Å². The van der Waals surface area contributed by atoms with E-state index in [0.29, 0.717) is 6.04 Å². The summed E-state index contributed by atoms with van der Waals surface area (Å²) < 4.78 is 5.17. The van der Waals surface area contributed by atoms with Crippen LogP contribution in [0, 0.1) is 5.92 Å². The molecule has 1 saturated heterocycles. The van der Waals surface area contributed by atoms with Crippen LogP contribution in [-0.2, 0) is 4.74 Å². The van der Waals surface area contributed by atoms with E-state index in [1.165, 1.54) is 45.2 Å². The number of piperidine rings is 1. The highest BCUT2D eigenvalue weighted by Crippen LogP contribution is 2.28. The predicted molar refractivity (Wildman–Crippen MR) is 121 cm³/mol. The van der Waals surface area contributed by atoms with Crippen molar-refractivity contribution in [3.63, 3.8) is 0 Å². The number of guanidine groups is 1. The molecule has 0 aromatic heterocycles. The number of halogens is 1. The second kappa shape index (κ2) is 13.4. The third kappa shape index (κ3) is 8.67. The lowest BCUT2D eigenvalue weighted by atomic mass is 9.97. The maximum atomic E-state index is 5.17. The number of nitrogens with one attached hydrogen (secondary N) is 2. The van der Waals surface area contributed by atoms with E-state index in [1.54, 1.807) is 7.11 Å². The van der Waals surface area contributed by atoms with E-state index < -0.39 is 0 Å². The Balaban J connectivity index is 0.00000312. The fraction of sp³-hybridized carbons (Fsp3) is 0.944. The SMILES string of the molecule is CCNC(=NCC1CCN(CCOC)CC1)NC1CCC(SC)C1.I. The summed E-state index contributed by atoms with van der Waals surface area (Å²) in [5, 5.41) is 7.90. The first-order chi connectivity index (χ1) is 11.7. The minimum atomic E-state index is 0. The highest BCUT2D eigenvalue weighted by molar-refractivity contribution is 14.0. The molecule has 1 saturated carbocycles. The molecule has 0 amide bonds. The maximum absolute atomic E-state index is 5.17. The number of nitrogens with zero attached hydrogens (tertiary/aromatic N) is 2. The molecule has 2 rings (SSSR count). The molecular formula is C18H37IN4OS. The first-order valence-electron chi connectivity index (χ1n) is 9.54. The Morgan fingerprint density at radius 1 is 1.24 bits per heavy atom. The van der Waals surface area contributed by atoms with Gasteiger partial charge in [-0.2, -0.15) is 11.8 Å². The highest BCUT2D eigenvalue weighted by Gasteiger charge is 2.24. The number of methoxy groups -OCH3 is 1. The first-order valence-corrected chi connectivity index (χ1v) is 10.8. The molecule has 1 aliphatic carbocycles. The smallest absolute Gasteiger partial charge is 0.191 e. The minimum absolute atomic E-state index is 0. The topological polar surface area (TPSA) is 48.9 Å². The van der Waals surface area contributed by atoms with E-state index in [0.717, 1.165) is 43.4 Å². The van der Waals surface area contributed by atoms with Crippen molar-refractivity contribution < 1.29 is 4.74 Å². The average molecular weight is 484 g/mol. The number of ether oxygens (including phenoxy) is 1. The molecular weight excluding hydrogens is 447 g/mol. The van der Waals surface area contributed by atoms with Crippen LogP contribution in [0.4, 0.5) is 0 Å². The quantitative estimate of drug-likeness (QED) is 0.315. The molecule has 2 N–H and O–H groups in total. The molecule has 1 aliphatic heterocycles. The van der Waals surface area contributed by atoms with Crippen molar-refractivity contribution in [2.75, 3.05) is 52.7 Å². The van der Waals surface area contributed by atoms with Crippen LogP contribution < -0.4 is 10.6 Å². The number of aliphatic imine (C=N–C) groups is 1. The van der Waals surface area contributed by atoms with Crippen LogP contribution in [0.2, 0.25) is 0 Å². The van der Waals surface area contributed by atoms with Gasteiger partial charge in [0.25, 0.3) is 0 Å². The zero-order chi connectivity index (χ0) is 17.2. The number of hydrogen-bond acceptors (Lipinski definition) is 4. The predicted octanol–water partition coefficient (Wildman–Crippen LogP) is 2.80. The Bertz CT molecular complexity index is 378. The van der Waals surface area contributed by atoms with Crippen molar-refractivity contribution in [3.05, 3.63) is 0 Å². The number of thioether (sulfide) groups is 1. The molecule has 0 aromatic rings. The second-order valence-corrected chi connectivity index (χ2v) is 8.15. The van der Waals surface area contributed by atoms with E-state index in [2.05, 4.69) is 28.7 Å². The maximum Gasteiger partial charge on any atom is 0.191 e. The molecule has 0 aromatic carbocycles. The minimum Gasteiger partial charge on any atom is -0.383 e. The lowest BCUT2D eigenvalue weighted by Crippen LogP contribution is -2.43. The average Bonchev–Trinajstić information content (AvgIpc) is 3.06. The molecule has 2 unspecified atom stereocenters. The lowest BCUT2D eigenvalue weighted by Gasteiger charge is -2.31. The van der Waals surface area contributed by atoms with Gasteiger partial charge >= 0.3 is 0 Å². The number of rotatable bonds is 8. The Morgan fingerprint density at radius 3 is 2.60 bits per heavy atom. The second-order valence-electron chi connectivity index (χ2n) is 7.01. The van der Waals surface area contributed by atoms with Crippen LogP contribution >= 0.6 is 35.7 Å². The van der Waals surface area contributed by atoms with Gasteiger partial charge in [-0.05, 0) is 64.3 Å². The Morgan fingerprint density at radius 2 is 2.00 bits per heavy atom. The van der Waals surface area contributed by atoms with Gasteiger partial charge in [-0.3, -0.25) is 4.99 Å². The first kappa shape index (κ1) is 23.3. The largest absolute Gasteiger partial charge is 0.383 e. The van der Waals surface area contributed by atoms with E-state index in [-0.39, 0.29) is 24.0 Å². The van der Waals surface area contributed by atoms with Gasteiger partial charge in [0.1, 0.15) is 0 Å². The fourth-order valence-corrected chi connectivity index (χ4v) is 4.43. The number of hydrogen-bond donors (Lipinski definition) is 2. The molecule has 148 valence electrons.